The standard InChI is InChI=1S/C10H13NO5S/c1-15-8-5-3-7(4-6-8)9(10(11)12)16-17(2,13)14/h3-6,9H,1-2H3,(H2,11,12). The topological polar surface area (TPSA) is 95.7 Å². The van der Waals surface area contributed by atoms with Crippen LogP contribution in [0.15, 0.2) is 24.3 Å². The van der Waals surface area contributed by atoms with E-state index in [0.29, 0.717) is 11.3 Å². The van der Waals surface area contributed by atoms with Crippen LogP contribution in [0.25, 0.3) is 0 Å². The third kappa shape index (κ3) is 4.04. The minimum atomic E-state index is -3.76. The van der Waals surface area contributed by atoms with Crippen molar-refractivity contribution >= 4 is 16.0 Å². The molecule has 0 aliphatic heterocycles. The Balaban J connectivity index is 3.02. The zero-order valence-electron chi connectivity index (χ0n) is 9.41. The highest BCUT2D eigenvalue weighted by molar-refractivity contribution is 7.86. The first kappa shape index (κ1) is 13.5. The van der Waals surface area contributed by atoms with E-state index >= 15 is 0 Å². The molecule has 17 heavy (non-hydrogen) atoms. The fraction of sp³-hybridized carbons (Fsp3) is 0.300. The summed E-state index contributed by atoms with van der Waals surface area (Å²) >= 11 is 0. The summed E-state index contributed by atoms with van der Waals surface area (Å²) in [5, 5.41) is 0. The van der Waals surface area contributed by atoms with Crippen molar-refractivity contribution in [3.63, 3.8) is 0 Å². The smallest absolute Gasteiger partial charge is 0.265 e. The van der Waals surface area contributed by atoms with E-state index in [2.05, 4.69) is 4.18 Å². The second-order valence-electron chi connectivity index (χ2n) is 3.36. The summed E-state index contributed by atoms with van der Waals surface area (Å²) in [7, 11) is -2.27. The number of amides is 1. The maximum atomic E-state index is 11.1. The predicted octanol–water partition coefficient (Wildman–Crippen LogP) is 0.198. The molecule has 1 aromatic rings. The van der Waals surface area contributed by atoms with Crippen molar-refractivity contribution in [1.82, 2.24) is 0 Å². The number of methoxy groups -OCH3 is 1. The third-order valence-electron chi connectivity index (χ3n) is 1.95. The number of benzene rings is 1. The molecule has 0 aromatic heterocycles. The van der Waals surface area contributed by atoms with Crippen LogP contribution in [0.1, 0.15) is 11.7 Å². The van der Waals surface area contributed by atoms with Crippen LogP contribution in [0, 0.1) is 0 Å². The zero-order chi connectivity index (χ0) is 13.1. The highest BCUT2D eigenvalue weighted by atomic mass is 32.2. The number of carbonyl (C=O) groups excluding carboxylic acids is 1. The Labute approximate surface area is 99.5 Å². The number of carbonyl (C=O) groups is 1. The quantitative estimate of drug-likeness (QED) is 0.762. The van der Waals surface area contributed by atoms with E-state index in [0.717, 1.165) is 6.26 Å². The van der Waals surface area contributed by atoms with Crippen molar-refractivity contribution < 1.29 is 22.1 Å². The molecule has 0 fully saturated rings. The molecule has 1 rings (SSSR count). The SMILES string of the molecule is COc1ccc(C(OS(C)(=O)=O)C(N)=O)cc1. The summed E-state index contributed by atoms with van der Waals surface area (Å²) in [5.74, 6) is -0.295. The molecule has 0 heterocycles. The summed E-state index contributed by atoms with van der Waals surface area (Å²) in [6.45, 7) is 0. The normalized spacial score (nSPS) is 13.1. The van der Waals surface area contributed by atoms with E-state index in [1.54, 1.807) is 12.1 Å². The highest BCUT2D eigenvalue weighted by Crippen LogP contribution is 2.21. The largest absolute Gasteiger partial charge is 0.497 e. The van der Waals surface area contributed by atoms with Crippen molar-refractivity contribution in [1.29, 1.82) is 0 Å². The predicted molar refractivity (Wildman–Crippen MR) is 60.9 cm³/mol. The lowest BCUT2D eigenvalue weighted by molar-refractivity contribution is -0.124. The van der Waals surface area contributed by atoms with Gasteiger partial charge in [0, 0.05) is 0 Å². The second-order valence-corrected chi connectivity index (χ2v) is 4.96. The Morgan fingerprint density at radius 1 is 1.29 bits per heavy atom. The molecule has 1 atom stereocenters. The molecule has 0 saturated carbocycles. The van der Waals surface area contributed by atoms with E-state index in [1.807, 2.05) is 0 Å². The van der Waals surface area contributed by atoms with Gasteiger partial charge >= 0.3 is 0 Å². The Bertz CT molecular complexity index is 494. The van der Waals surface area contributed by atoms with Crippen LogP contribution < -0.4 is 10.5 Å². The Morgan fingerprint density at radius 3 is 2.18 bits per heavy atom. The van der Waals surface area contributed by atoms with Gasteiger partial charge in [-0.25, -0.2) is 0 Å². The Kier molecular flexibility index (Phi) is 4.08. The zero-order valence-corrected chi connectivity index (χ0v) is 10.2. The molecule has 0 radical (unpaired) electrons. The minimum absolute atomic E-state index is 0.351. The van der Waals surface area contributed by atoms with Gasteiger partial charge in [-0.05, 0) is 17.7 Å². The molecule has 7 heteroatoms. The summed E-state index contributed by atoms with van der Waals surface area (Å²) in [6.07, 6.45) is -0.470. The number of hydrogen-bond acceptors (Lipinski definition) is 5. The number of ether oxygens (including phenoxy) is 1. The molecule has 1 amide bonds. The molecule has 94 valence electrons. The van der Waals surface area contributed by atoms with Gasteiger partial charge in [-0.3, -0.25) is 8.98 Å². The summed E-state index contributed by atoms with van der Waals surface area (Å²) < 4.78 is 31.5. The average molecular weight is 259 g/mol. The van der Waals surface area contributed by atoms with Crippen molar-refractivity contribution in [3.05, 3.63) is 29.8 Å². The molecule has 0 saturated heterocycles. The fourth-order valence-electron chi connectivity index (χ4n) is 1.22. The van der Waals surface area contributed by atoms with E-state index < -0.39 is 22.1 Å². The third-order valence-corrected chi connectivity index (χ3v) is 2.49. The molecule has 6 nitrogen and oxygen atoms in total. The molecular weight excluding hydrogens is 246 g/mol. The van der Waals surface area contributed by atoms with Crippen LogP contribution >= 0.6 is 0 Å². The van der Waals surface area contributed by atoms with Gasteiger partial charge in [0.15, 0.2) is 6.10 Å². The summed E-state index contributed by atoms with van der Waals surface area (Å²) in [4.78, 5) is 11.1. The summed E-state index contributed by atoms with van der Waals surface area (Å²) in [6, 6.07) is 6.19. The van der Waals surface area contributed by atoms with Gasteiger partial charge in [0.2, 0.25) is 0 Å². The molecule has 1 aromatic carbocycles. The van der Waals surface area contributed by atoms with Crippen LogP contribution in [0.5, 0.6) is 5.75 Å². The van der Waals surface area contributed by atoms with Crippen molar-refractivity contribution in [3.8, 4) is 5.75 Å². The van der Waals surface area contributed by atoms with Crippen LogP contribution in [0.2, 0.25) is 0 Å². The lowest BCUT2D eigenvalue weighted by atomic mass is 10.1. The first-order valence-electron chi connectivity index (χ1n) is 4.65. The maximum absolute atomic E-state index is 11.1. The van der Waals surface area contributed by atoms with Crippen molar-refractivity contribution in [2.45, 2.75) is 6.10 Å². The molecule has 0 bridgehead atoms. The Hall–Kier alpha value is -1.60. The van der Waals surface area contributed by atoms with Crippen LogP contribution in [0.3, 0.4) is 0 Å². The van der Waals surface area contributed by atoms with Gasteiger partial charge in [-0.1, -0.05) is 12.1 Å². The summed E-state index contributed by atoms with van der Waals surface area (Å²) in [5.41, 5.74) is 5.44. The van der Waals surface area contributed by atoms with E-state index in [4.69, 9.17) is 10.5 Å². The van der Waals surface area contributed by atoms with Crippen LogP contribution in [-0.2, 0) is 19.1 Å². The second kappa shape index (κ2) is 5.15. The number of rotatable bonds is 5. The van der Waals surface area contributed by atoms with E-state index in [9.17, 15) is 13.2 Å². The van der Waals surface area contributed by atoms with Gasteiger partial charge in [0.25, 0.3) is 16.0 Å². The first-order chi connectivity index (χ1) is 7.83. The number of nitrogens with two attached hydrogens (primary N) is 1. The molecule has 1 unspecified atom stereocenters. The minimum Gasteiger partial charge on any atom is -0.497 e. The van der Waals surface area contributed by atoms with Gasteiger partial charge in [0.1, 0.15) is 5.75 Å². The number of hydrogen-bond donors (Lipinski definition) is 1. The lowest BCUT2D eigenvalue weighted by Crippen LogP contribution is -2.25. The van der Waals surface area contributed by atoms with Gasteiger partial charge in [-0.15, -0.1) is 0 Å². The van der Waals surface area contributed by atoms with Gasteiger partial charge < -0.3 is 10.5 Å². The lowest BCUT2D eigenvalue weighted by Gasteiger charge is -2.13. The molecule has 2 N–H and O–H groups in total. The van der Waals surface area contributed by atoms with Crippen LogP contribution in [-0.4, -0.2) is 27.7 Å². The molecule has 0 aliphatic rings. The van der Waals surface area contributed by atoms with E-state index in [1.165, 1.54) is 19.2 Å². The van der Waals surface area contributed by atoms with Gasteiger partial charge in [0.05, 0.1) is 13.4 Å². The number of primary amides is 1. The Morgan fingerprint density at radius 2 is 1.82 bits per heavy atom. The van der Waals surface area contributed by atoms with Crippen molar-refractivity contribution in [2.75, 3.05) is 13.4 Å². The molecule has 0 aliphatic carbocycles. The van der Waals surface area contributed by atoms with Gasteiger partial charge in [-0.2, -0.15) is 8.42 Å². The fourth-order valence-corrected chi connectivity index (χ4v) is 1.78. The van der Waals surface area contributed by atoms with Crippen LogP contribution in [0.4, 0.5) is 0 Å². The highest BCUT2D eigenvalue weighted by Gasteiger charge is 2.23. The monoisotopic (exact) mass is 259 g/mol. The van der Waals surface area contributed by atoms with E-state index in [-0.39, 0.29) is 0 Å². The first-order valence-corrected chi connectivity index (χ1v) is 6.46. The van der Waals surface area contributed by atoms with Crippen molar-refractivity contribution in [2.24, 2.45) is 5.73 Å². The molecule has 0 spiro atoms. The molecular formula is C10H13NO5S. The average Bonchev–Trinajstić information content (AvgIpc) is 2.25. The maximum Gasteiger partial charge on any atom is 0.265 e.